The molecule has 0 fully saturated rings. The molecule has 1 aromatic carbocycles. The lowest BCUT2D eigenvalue weighted by atomic mass is 10.0. The molecular weight excluding hydrogens is 208 g/mol. The minimum atomic E-state index is -0.820. The van der Waals surface area contributed by atoms with Crippen molar-refractivity contribution in [2.45, 2.75) is 26.2 Å². The Bertz CT molecular complexity index is 385. The van der Waals surface area contributed by atoms with Crippen molar-refractivity contribution >= 4 is 5.97 Å². The van der Waals surface area contributed by atoms with Crippen LogP contribution in [0.2, 0.25) is 0 Å². The summed E-state index contributed by atoms with van der Waals surface area (Å²) in [6, 6.07) is 3.49. The number of benzene rings is 1. The van der Waals surface area contributed by atoms with Gasteiger partial charge >= 0.3 is 5.97 Å². The summed E-state index contributed by atoms with van der Waals surface area (Å²) in [4.78, 5) is 10.4. The van der Waals surface area contributed by atoms with Gasteiger partial charge in [0.2, 0.25) is 0 Å². The first kappa shape index (κ1) is 12.4. The molecule has 88 valence electrons. The Morgan fingerprint density at radius 2 is 2.12 bits per heavy atom. The number of ether oxygens (including phenoxy) is 1. The monoisotopic (exact) mass is 224 g/mol. The molecule has 0 bridgehead atoms. The lowest BCUT2D eigenvalue weighted by Gasteiger charge is -2.09. The number of hydrogen-bond donors (Lipinski definition) is 2. The summed E-state index contributed by atoms with van der Waals surface area (Å²) >= 11 is 0. The molecule has 0 spiro atoms. The van der Waals surface area contributed by atoms with E-state index in [1.54, 1.807) is 26.2 Å². The standard InChI is InChI=1S/C12H16O4/c1-8-6-10(16-2)7-9(12(8)15)4-3-5-11(13)14/h6-7,15H,3-5H2,1-2H3,(H,13,14). The lowest BCUT2D eigenvalue weighted by Crippen LogP contribution is -1.97. The maximum Gasteiger partial charge on any atom is 0.303 e. The van der Waals surface area contributed by atoms with Crippen molar-refractivity contribution in [1.29, 1.82) is 0 Å². The van der Waals surface area contributed by atoms with Crippen LogP contribution in [-0.4, -0.2) is 23.3 Å². The quantitative estimate of drug-likeness (QED) is 0.803. The van der Waals surface area contributed by atoms with Gasteiger partial charge < -0.3 is 14.9 Å². The molecule has 1 aromatic rings. The molecule has 0 aliphatic heterocycles. The maximum absolute atomic E-state index is 10.4. The topological polar surface area (TPSA) is 66.8 Å². The van der Waals surface area contributed by atoms with Crippen LogP contribution in [0.15, 0.2) is 12.1 Å². The zero-order chi connectivity index (χ0) is 12.1. The highest BCUT2D eigenvalue weighted by molar-refractivity contribution is 5.66. The summed E-state index contributed by atoms with van der Waals surface area (Å²) in [7, 11) is 1.56. The SMILES string of the molecule is COc1cc(C)c(O)c(CCCC(=O)O)c1. The van der Waals surface area contributed by atoms with E-state index in [1.807, 2.05) is 0 Å². The van der Waals surface area contributed by atoms with Gasteiger partial charge in [-0.1, -0.05) is 0 Å². The van der Waals surface area contributed by atoms with E-state index in [0.29, 0.717) is 18.6 Å². The summed E-state index contributed by atoms with van der Waals surface area (Å²) < 4.78 is 5.09. The normalized spacial score (nSPS) is 10.1. The fraction of sp³-hybridized carbons (Fsp3) is 0.417. The molecule has 0 saturated heterocycles. The van der Waals surface area contributed by atoms with E-state index in [9.17, 15) is 9.90 Å². The Balaban J connectivity index is 2.78. The average molecular weight is 224 g/mol. The molecule has 1 rings (SSSR count). The molecule has 0 amide bonds. The first-order chi connectivity index (χ1) is 7.54. The van der Waals surface area contributed by atoms with Crippen LogP contribution in [-0.2, 0) is 11.2 Å². The Morgan fingerprint density at radius 3 is 2.69 bits per heavy atom. The summed E-state index contributed by atoms with van der Waals surface area (Å²) in [5.74, 6) is 0.0888. The van der Waals surface area contributed by atoms with E-state index in [4.69, 9.17) is 9.84 Å². The summed E-state index contributed by atoms with van der Waals surface area (Å²) in [6.45, 7) is 1.79. The molecule has 0 saturated carbocycles. The van der Waals surface area contributed by atoms with Gasteiger partial charge in [-0.25, -0.2) is 0 Å². The first-order valence-electron chi connectivity index (χ1n) is 5.13. The Kier molecular flexibility index (Phi) is 4.17. The highest BCUT2D eigenvalue weighted by atomic mass is 16.5. The van der Waals surface area contributed by atoms with E-state index in [-0.39, 0.29) is 12.2 Å². The third-order valence-corrected chi connectivity index (χ3v) is 2.43. The average Bonchev–Trinajstić information content (AvgIpc) is 2.23. The van der Waals surface area contributed by atoms with Crippen LogP contribution in [0.4, 0.5) is 0 Å². The predicted octanol–water partition coefficient (Wildman–Crippen LogP) is 2.12. The third kappa shape index (κ3) is 3.15. The summed E-state index contributed by atoms with van der Waals surface area (Å²) in [5.41, 5.74) is 1.47. The minimum absolute atomic E-state index is 0.107. The number of carbonyl (C=O) groups is 1. The highest BCUT2D eigenvalue weighted by Crippen LogP contribution is 2.28. The van der Waals surface area contributed by atoms with Crippen molar-refractivity contribution in [3.63, 3.8) is 0 Å². The van der Waals surface area contributed by atoms with E-state index >= 15 is 0 Å². The fourth-order valence-electron chi connectivity index (χ4n) is 1.56. The van der Waals surface area contributed by atoms with E-state index in [0.717, 1.165) is 11.1 Å². The minimum Gasteiger partial charge on any atom is -0.507 e. The second kappa shape index (κ2) is 5.39. The van der Waals surface area contributed by atoms with Gasteiger partial charge in [-0.05, 0) is 43.0 Å². The largest absolute Gasteiger partial charge is 0.507 e. The van der Waals surface area contributed by atoms with Crippen LogP contribution < -0.4 is 4.74 Å². The maximum atomic E-state index is 10.4. The van der Waals surface area contributed by atoms with Gasteiger partial charge in [-0.15, -0.1) is 0 Å². The third-order valence-electron chi connectivity index (χ3n) is 2.43. The molecule has 0 aromatic heterocycles. The fourth-order valence-corrected chi connectivity index (χ4v) is 1.56. The zero-order valence-corrected chi connectivity index (χ0v) is 9.49. The second-order valence-electron chi connectivity index (χ2n) is 3.70. The number of aryl methyl sites for hydroxylation is 2. The van der Waals surface area contributed by atoms with Crippen molar-refractivity contribution in [3.8, 4) is 11.5 Å². The second-order valence-corrected chi connectivity index (χ2v) is 3.70. The number of aliphatic carboxylic acids is 1. The number of carboxylic acids is 1. The zero-order valence-electron chi connectivity index (χ0n) is 9.49. The van der Waals surface area contributed by atoms with Crippen molar-refractivity contribution in [2.75, 3.05) is 7.11 Å². The number of phenols is 1. The van der Waals surface area contributed by atoms with E-state index in [1.165, 1.54) is 0 Å². The molecule has 0 aliphatic rings. The van der Waals surface area contributed by atoms with Gasteiger partial charge in [-0.2, -0.15) is 0 Å². The van der Waals surface area contributed by atoms with Gasteiger partial charge in [0.1, 0.15) is 11.5 Å². The molecular formula is C12H16O4. The Hall–Kier alpha value is -1.71. The summed E-state index contributed by atoms with van der Waals surface area (Å²) in [6.07, 6.45) is 1.15. The molecule has 0 radical (unpaired) electrons. The number of hydrogen-bond acceptors (Lipinski definition) is 3. The van der Waals surface area contributed by atoms with Gasteiger partial charge in [0.05, 0.1) is 7.11 Å². The number of aromatic hydroxyl groups is 1. The number of methoxy groups -OCH3 is 1. The molecule has 0 atom stereocenters. The summed E-state index contributed by atoms with van der Waals surface area (Å²) in [5, 5.41) is 18.3. The van der Waals surface area contributed by atoms with E-state index in [2.05, 4.69) is 0 Å². The molecule has 4 heteroatoms. The van der Waals surface area contributed by atoms with Crippen LogP contribution in [0.3, 0.4) is 0 Å². The van der Waals surface area contributed by atoms with Crippen molar-refractivity contribution in [1.82, 2.24) is 0 Å². The highest BCUT2D eigenvalue weighted by Gasteiger charge is 2.08. The van der Waals surface area contributed by atoms with E-state index < -0.39 is 5.97 Å². The van der Waals surface area contributed by atoms with Gasteiger partial charge in [0.15, 0.2) is 0 Å². The van der Waals surface area contributed by atoms with Crippen molar-refractivity contribution < 1.29 is 19.7 Å². The van der Waals surface area contributed by atoms with Crippen LogP contribution >= 0.6 is 0 Å². The lowest BCUT2D eigenvalue weighted by molar-refractivity contribution is -0.137. The van der Waals surface area contributed by atoms with Crippen LogP contribution in [0.5, 0.6) is 11.5 Å². The van der Waals surface area contributed by atoms with Crippen LogP contribution in [0, 0.1) is 6.92 Å². The van der Waals surface area contributed by atoms with Gasteiger partial charge in [0.25, 0.3) is 0 Å². The predicted molar refractivity (Wildman–Crippen MR) is 60.0 cm³/mol. The number of carboxylic acid groups (broad SMARTS) is 1. The molecule has 2 N–H and O–H groups in total. The van der Waals surface area contributed by atoms with Crippen molar-refractivity contribution in [2.24, 2.45) is 0 Å². The van der Waals surface area contributed by atoms with Gasteiger partial charge in [-0.3, -0.25) is 4.79 Å². The van der Waals surface area contributed by atoms with Crippen LogP contribution in [0.25, 0.3) is 0 Å². The van der Waals surface area contributed by atoms with Crippen molar-refractivity contribution in [3.05, 3.63) is 23.3 Å². The molecule has 4 nitrogen and oxygen atoms in total. The molecule has 0 aliphatic carbocycles. The molecule has 16 heavy (non-hydrogen) atoms. The van der Waals surface area contributed by atoms with Crippen LogP contribution in [0.1, 0.15) is 24.0 Å². The molecule has 0 heterocycles. The number of rotatable bonds is 5. The van der Waals surface area contributed by atoms with Gasteiger partial charge in [0, 0.05) is 6.42 Å². The molecule has 0 unspecified atom stereocenters. The first-order valence-corrected chi connectivity index (χ1v) is 5.13. The Morgan fingerprint density at radius 1 is 1.44 bits per heavy atom. The smallest absolute Gasteiger partial charge is 0.303 e. The Labute approximate surface area is 94.5 Å². The number of phenolic OH excluding ortho intramolecular Hbond substituents is 1.